The van der Waals surface area contributed by atoms with Crippen LogP contribution in [-0.4, -0.2) is 28.1 Å². The van der Waals surface area contributed by atoms with Gasteiger partial charge < -0.3 is 10.6 Å². The van der Waals surface area contributed by atoms with E-state index >= 15 is 0 Å². The number of nitrogens with zero attached hydrogens (tertiary/aromatic N) is 2. The van der Waals surface area contributed by atoms with Gasteiger partial charge in [0.25, 0.3) is 11.8 Å². The Morgan fingerprint density at radius 2 is 1.59 bits per heavy atom. The highest BCUT2D eigenvalue weighted by atomic mass is 16.2. The number of hydrogen-bond acceptors (Lipinski definition) is 3. The van der Waals surface area contributed by atoms with Gasteiger partial charge in [0.1, 0.15) is 5.69 Å². The van der Waals surface area contributed by atoms with E-state index in [0.29, 0.717) is 35.6 Å². The van der Waals surface area contributed by atoms with Gasteiger partial charge in [0, 0.05) is 29.6 Å². The highest BCUT2D eigenvalue weighted by Gasteiger charge is 2.19. The van der Waals surface area contributed by atoms with Crippen LogP contribution in [0.1, 0.15) is 33.2 Å². The number of aromatic nitrogens is 2. The number of nitrogens with one attached hydrogen (secondary N) is 2. The van der Waals surface area contributed by atoms with E-state index in [0.717, 1.165) is 11.1 Å². The zero-order valence-electron chi connectivity index (χ0n) is 17.8. The predicted octanol–water partition coefficient (Wildman–Crippen LogP) is 4.60. The number of hydrogen-bond donors (Lipinski definition) is 2. The standard InChI is InChI=1S/C26H24N4O2/c1-2-27-25(31)21-14-9-15-22(16-21)28-26(32)23-18-30(17-19-10-5-3-6-11-19)29-24(23)20-12-7-4-8-13-20/h3-16,18H,2,17H2,1H3,(H,27,31)(H,28,32). The summed E-state index contributed by atoms with van der Waals surface area (Å²) in [4.78, 5) is 25.3. The van der Waals surface area contributed by atoms with Crippen molar-refractivity contribution < 1.29 is 9.59 Å². The summed E-state index contributed by atoms with van der Waals surface area (Å²) < 4.78 is 1.78. The van der Waals surface area contributed by atoms with Gasteiger partial charge in [-0.25, -0.2) is 0 Å². The average molecular weight is 425 g/mol. The maximum atomic E-state index is 13.2. The van der Waals surface area contributed by atoms with Gasteiger partial charge in [0.15, 0.2) is 0 Å². The topological polar surface area (TPSA) is 76.0 Å². The molecule has 2 N–H and O–H groups in total. The van der Waals surface area contributed by atoms with E-state index in [2.05, 4.69) is 10.6 Å². The molecule has 32 heavy (non-hydrogen) atoms. The molecule has 0 saturated carbocycles. The molecule has 6 nitrogen and oxygen atoms in total. The molecule has 4 aromatic rings. The van der Waals surface area contributed by atoms with Crippen LogP contribution in [0.4, 0.5) is 5.69 Å². The zero-order chi connectivity index (χ0) is 22.3. The van der Waals surface area contributed by atoms with Crippen molar-refractivity contribution in [2.75, 3.05) is 11.9 Å². The summed E-state index contributed by atoms with van der Waals surface area (Å²) in [6.07, 6.45) is 1.76. The van der Waals surface area contributed by atoms with E-state index in [-0.39, 0.29) is 11.8 Å². The lowest BCUT2D eigenvalue weighted by molar-refractivity contribution is 0.0954. The molecule has 0 aliphatic carbocycles. The fourth-order valence-electron chi connectivity index (χ4n) is 3.45. The third kappa shape index (κ3) is 4.92. The molecule has 1 aromatic heterocycles. The molecule has 2 amide bonds. The molecule has 0 radical (unpaired) electrons. The van der Waals surface area contributed by atoms with Crippen LogP contribution in [0.5, 0.6) is 0 Å². The van der Waals surface area contributed by atoms with Gasteiger partial charge in [-0.1, -0.05) is 66.7 Å². The molecule has 0 unspecified atom stereocenters. The van der Waals surface area contributed by atoms with Gasteiger partial charge in [-0.15, -0.1) is 0 Å². The molecule has 4 rings (SSSR count). The Balaban J connectivity index is 1.63. The van der Waals surface area contributed by atoms with Crippen molar-refractivity contribution in [3.05, 3.63) is 108 Å². The number of anilines is 1. The van der Waals surface area contributed by atoms with Crippen LogP contribution in [0, 0.1) is 0 Å². The first-order valence-electron chi connectivity index (χ1n) is 10.5. The molecular formula is C26H24N4O2. The smallest absolute Gasteiger partial charge is 0.259 e. The Kier molecular flexibility index (Phi) is 6.41. The summed E-state index contributed by atoms with van der Waals surface area (Å²) in [5.41, 5.74) is 4.08. The third-order valence-corrected chi connectivity index (χ3v) is 4.96. The van der Waals surface area contributed by atoms with Gasteiger partial charge >= 0.3 is 0 Å². The van der Waals surface area contributed by atoms with Crippen LogP contribution in [0.15, 0.2) is 91.1 Å². The van der Waals surface area contributed by atoms with Crippen LogP contribution in [0.2, 0.25) is 0 Å². The number of carbonyl (C=O) groups excluding carboxylic acids is 2. The molecule has 0 fully saturated rings. The average Bonchev–Trinajstić information content (AvgIpc) is 3.24. The second-order valence-electron chi connectivity index (χ2n) is 7.33. The summed E-state index contributed by atoms with van der Waals surface area (Å²) in [5.74, 6) is -0.458. The van der Waals surface area contributed by atoms with Crippen molar-refractivity contribution in [1.82, 2.24) is 15.1 Å². The lowest BCUT2D eigenvalue weighted by Crippen LogP contribution is -2.22. The van der Waals surface area contributed by atoms with Crippen LogP contribution in [-0.2, 0) is 6.54 Å². The fraction of sp³-hybridized carbons (Fsp3) is 0.115. The number of rotatable bonds is 7. The van der Waals surface area contributed by atoms with Crippen LogP contribution in [0.25, 0.3) is 11.3 Å². The van der Waals surface area contributed by atoms with Crippen molar-refractivity contribution in [2.24, 2.45) is 0 Å². The van der Waals surface area contributed by atoms with E-state index in [1.54, 1.807) is 35.1 Å². The van der Waals surface area contributed by atoms with Gasteiger partial charge in [-0.3, -0.25) is 14.3 Å². The van der Waals surface area contributed by atoms with Crippen molar-refractivity contribution in [2.45, 2.75) is 13.5 Å². The first-order chi connectivity index (χ1) is 15.6. The van der Waals surface area contributed by atoms with Gasteiger partial charge in [-0.05, 0) is 30.7 Å². The third-order valence-electron chi connectivity index (χ3n) is 4.96. The zero-order valence-corrected chi connectivity index (χ0v) is 17.8. The Morgan fingerprint density at radius 3 is 2.31 bits per heavy atom. The van der Waals surface area contributed by atoms with Crippen molar-refractivity contribution >= 4 is 17.5 Å². The quantitative estimate of drug-likeness (QED) is 0.455. The molecule has 1 heterocycles. The van der Waals surface area contributed by atoms with E-state index in [1.807, 2.05) is 67.6 Å². The van der Waals surface area contributed by atoms with Crippen LogP contribution < -0.4 is 10.6 Å². The molecule has 0 aliphatic heterocycles. The van der Waals surface area contributed by atoms with Crippen molar-refractivity contribution in [1.29, 1.82) is 0 Å². The van der Waals surface area contributed by atoms with Gasteiger partial charge in [0.2, 0.25) is 0 Å². The molecular weight excluding hydrogens is 400 g/mol. The Labute approximate surface area is 186 Å². The lowest BCUT2D eigenvalue weighted by atomic mass is 10.1. The Morgan fingerprint density at radius 1 is 0.875 bits per heavy atom. The van der Waals surface area contributed by atoms with E-state index in [4.69, 9.17) is 5.10 Å². The fourth-order valence-corrected chi connectivity index (χ4v) is 3.45. The minimum Gasteiger partial charge on any atom is -0.352 e. The van der Waals surface area contributed by atoms with Crippen LogP contribution in [0.3, 0.4) is 0 Å². The SMILES string of the molecule is CCNC(=O)c1cccc(NC(=O)c2cn(Cc3ccccc3)nc2-c2ccccc2)c1. The molecule has 0 aliphatic rings. The number of benzene rings is 3. The second-order valence-corrected chi connectivity index (χ2v) is 7.33. The maximum Gasteiger partial charge on any atom is 0.259 e. The predicted molar refractivity (Wildman–Crippen MR) is 126 cm³/mol. The molecule has 0 spiro atoms. The number of amides is 2. The van der Waals surface area contributed by atoms with E-state index in [9.17, 15) is 9.59 Å². The maximum absolute atomic E-state index is 13.2. The summed E-state index contributed by atoms with van der Waals surface area (Å²) in [5, 5.41) is 10.4. The molecule has 0 atom stereocenters. The minimum atomic E-state index is -0.281. The monoisotopic (exact) mass is 424 g/mol. The molecule has 3 aromatic carbocycles. The molecule has 6 heteroatoms. The summed E-state index contributed by atoms with van der Waals surface area (Å²) in [6.45, 7) is 2.96. The number of carbonyl (C=O) groups is 2. The van der Waals surface area contributed by atoms with Gasteiger partial charge in [-0.2, -0.15) is 5.10 Å². The molecule has 0 bridgehead atoms. The largest absolute Gasteiger partial charge is 0.352 e. The van der Waals surface area contributed by atoms with Crippen molar-refractivity contribution in [3.8, 4) is 11.3 Å². The summed E-state index contributed by atoms with van der Waals surface area (Å²) >= 11 is 0. The van der Waals surface area contributed by atoms with E-state index < -0.39 is 0 Å². The minimum absolute atomic E-state index is 0.177. The molecule has 0 saturated heterocycles. The van der Waals surface area contributed by atoms with Crippen LogP contribution >= 0.6 is 0 Å². The van der Waals surface area contributed by atoms with Crippen molar-refractivity contribution in [3.63, 3.8) is 0 Å². The second kappa shape index (κ2) is 9.75. The normalized spacial score (nSPS) is 10.5. The highest BCUT2D eigenvalue weighted by Crippen LogP contribution is 2.24. The first-order valence-corrected chi connectivity index (χ1v) is 10.5. The first kappa shape index (κ1) is 21.1. The molecule has 160 valence electrons. The lowest BCUT2D eigenvalue weighted by Gasteiger charge is -2.08. The Bertz CT molecular complexity index is 1220. The Hall–Kier alpha value is -4.19. The highest BCUT2D eigenvalue weighted by molar-refractivity contribution is 6.08. The van der Waals surface area contributed by atoms with Gasteiger partial charge in [0.05, 0.1) is 12.1 Å². The summed E-state index contributed by atoms with van der Waals surface area (Å²) in [7, 11) is 0. The summed E-state index contributed by atoms with van der Waals surface area (Å²) in [6, 6.07) is 26.5. The van der Waals surface area contributed by atoms with E-state index in [1.165, 1.54) is 0 Å².